The van der Waals surface area contributed by atoms with Crippen molar-refractivity contribution in [3.63, 3.8) is 0 Å². The topological polar surface area (TPSA) is 12.5 Å². The van der Waals surface area contributed by atoms with Gasteiger partial charge < -0.3 is 4.74 Å². The molecule has 1 saturated heterocycles. The van der Waals surface area contributed by atoms with Gasteiger partial charge in [-0.1, -0.05) is 42.5 Å². The Balaban J connectivity index is 1.60. The summed E-state index contributed by atoms with van der Waals surface area (Å²) in [6, 6.07) is 18.8. The van der Waals surface area contributed by atoms with Gasteiger partial charge in [0.25, 0.3) is 0 Å². The second-order valence-corrected chi connectivity index (χ2v) is 5.86. The van der Waals surface area contributed by atoms with E-state index in [9.17, 15) is 0 Å². The third-order valence-corrected chi connectivity index (χ3v) is 4.16. The van der Waals surface area contributed by atoms with Crippen molar-refractivity contribution < 1.29 is 4.74 Å². The Bertz CT molecular complexity index is 567. The number of benzene rings is 2. The van der Waals surface area contributed by atoms with Gasteiger partial charge in [0.05, 0.1) is 0 Å². The van der Waals surface area contributed by atoms with Crippen molar-refractivity contribution in [2.75, 3.05) is 13.1 Å². The summed E-state index contributed by atoms with van der Waals surface area (Å²) in [5.41, 5.74) is 2.81. The van der Waals surface area contributed by atoms with E-state index in [2.05, 4.69) is 36.1 Å². The summed E-state index contributed by atoms with van der Waals surface area (Å²) in [6.45, 7) is 5.41. The lowest BCUT2D eigenvalue weighted by Gasteiger charge is -2.33. The van der Waals surface area contributed by atoms with Crippen LogP contribution in [0.3, 0.4) is 0 Å². The lowest BCUT2D eigenvalue weighted by atomic mass is 10.0. The highest BCUT2D eigenvalue weighted by atomic mass is 16.5. The largest absolute Gasteiger partial charge is 0.489 e. The minimum Gasteiger partial charge on any atom is -0.489 e. The normalized spacial score (nSPS) is 19.4. The molecule has 0 aliphatic carbocycles. The fraction of sp³-hybridized carbons (Fsp3) is 0.368. The number of rotatable bonds is 4. The predicted octanol–water partition coefficient (Wildman–Crippen LogP) is 4.04. The molecule has 1 atom stereocenters. The molecule has 2 heteroatoms. The van der Waals surface area contributed by atoms with Gasteiger partial charge in [-0.15, -0.1) is 0 Å². The van der Waals surface area contributed by atoms with Gasteiger partial charge in [0.15, 0.2) is 0 Å². The molecule has 21 heavy (non-hydrogen) atoms. The molecule has 3 rings (SSSR count). The van der Waals surface area contributed by atoms with Gasteiger partial charge in [-0.25, -0.2) is 0 Å². The molecule has 1 fully saturated rings. The van der Waals surface area contributed by atoms with Crippen molar-refractivity contribution in [1.82, 2.24) is 4.90 Å². The average Bonchev–Trinajstić information content (AvgIpc) is 2.51. The van der Waals surface area contributed by atoms with Crippen molar-refractivity contribution in [3.8, 4) is 5.75 Å². The molecule has 2 aromatic rings. The maximum absolute atomic E-state index is 6.11. The fourth-order valence-electron chi connectivity index (χ4n) is 2.97. The van der Waals surface area contributed by atoms with Crippen molar-refractivity contribution in [3.05, 3.63) is 65.7 Å². The van der Waals surface area contributed by atoms with E-state index < -0.39 is 0 Å². The van der Waals surface area contributed by atoms with E-state index >= 15 is 0 Å². The molecule has 0 radical (unpaired) electrons. The lowest BCUT2D eigenvalue weighted by Crippen LogP contribution is -2.40. The molecule has 0 N–H and O–H groups in total. The van der Waals surface area contributed by atoms with Crippen LogP contribution >= 0.6 is 0 Å². The Labute approximate surface area is 127 Å². The van der Waals surface area contributed by atoms with Crippen LogP contribution < -0.4 is 4.74 Å². The Morgan fingerprint density at radius 3 is 2.62 bits per heavy atom. The molecule has 2 nitrogen and oxygen atoms in total. The first-order valence-corrected chi connectivity index (χ1v) is 7.80. The van der Waals surface area contributed by atoms with Crippen LogP contribution in [0.15, 0.2) is 54.6 Å². The molecule has 0 bridgehead atoms. The standard InChI is InChI=1S/C19H23NO/c1-16-8-5-6-9-17(16)14-20-13-7-12-19(15-20)21-18-10-3-2-4-11-18/h2-6,8-11,19H,7,12-15H2,1H3/t19-/m1/s1. The minimum atomic E-state index is 0.310. The van der Waals surface area contributed by atoms with Gasteiger partial charge >= 0.3 is 0 Å². The molecule has 0 unspecified atom stereocenters. The maximum Gasteiger partial charge on any atom is 0.119 e. The summed E-state index contributed by atoms with van der Waals surface area (Å²) in [6.07, 6.45) is 2.67. The first-order valence-electron chi connectivity index (χ1n) is 7.80. The van der Waals surface area contributed by atoms with Gasteiger partial charge in [-0.3, -0.25) is 4.90 Å². The third kappa shape index (κ3) is 3.85. The van der Waals surface area contributed by atoms with E-state index in [1.165, 1.54) is 24.1 Å². The highest BCUT2D eigenvalue weighted by Crippen LogP contribution is 2.20. The van der Waals surface area contributed by atoms with E-state index in [0.29, 0.717) is 6.10 Å². The molecular formula is C19H23NO. The molecule has 0 spiro atoms. The second kappa shape index (κ2) is 6.77. The zero-order chi connectivity index (χ0) is 14.5. The van der Waals surface area contributed by atoms with Gasteiger partial charge in [0, 0.05) is 13.1 Å². The smallest absolute Gasteiger partial charge is 0.119 e. The monoisotopic (exact) mass is 281 g/mol. The van der Waals surface area contributed by atoms with Crippen molar-refractivity contribution in [2.24, 2.45) is 0 Å². The maximum atomic E-state index is 6.11. The molecule has 1 aliphatic heterocycles. The Hall–Kier alpha value is -1.80. The second-order valence-electron chi connectivity index (χ2n) is 5.86. The number of ether oxygens (including phenoxy) is 1. The van der Waals surface area contributed by atoms with Crippen molar-refractivity contribution in [2.45, 2.75) is 32.4 Å². The first-order chi connectivity index (χ1) is 10.3. The number of hydrogen-bond donors (Lipinski definition) is 0. The van der Waals surface area contributed by atoms with Gasteiger partial charge in [-0.05, 0) is 49.6 Å². The molecule has 0 aromatic heterocycles. The summed E-state index contributed by atoms with van der Waals surface area (Å²) in [7, 11) is 0. The molecular weight excluding hydrogens is 258 g/mol. The van der Waals surface area contributed by atoms with Crippen LogP contribution in [-0.4, -0.2) is 24.1 Å². The number of para-hydroxylation sites is 1. The van der Waals surface area contributed by atoms with E-state index in [0.717, 1.165) is 25.3 Å². The molecule has 2 aromatic carbocycles. The Morgan fingerprint density at radius 1 is 1.05 bits per heavy atom. The minimum absolute atomic E-state index is 0.310. The molecule has 1 aliphatic rings. The lowest BCUT2D eigenvalue weighted by molar-refractivity contribution is 0.0842. The molecule has 0 saturated carbocycles. The number of nitrogens with zero attached hydrogens (tertiary/aromatic N) is 1. The number of likely N-dealkylation sites (tertiary alicyclic amines) is 1. The fourth-order valence-corrected chi connectivity index (χ4v) is 2.97. The van der Waals surface area contributed by atoms with E-state index in [1.807, 2.05) is 30.3 Å². The Kier molecular flexibility index (Phi) is 4.56. The van der Waals surface area contributed by atoms with Crippen LogP contribution in [0, 0.1) is 6.92 Å². The SMILES string of the molecule is Cc1ccccc1CN1CCC[C@@H](Oc2ccccc2)C1. The molecule has 0 amide bonds. The first kappa shape index (κ1) is 14.2. The molecule has 110 valence electrons. The van der Waals surface area contributed by atoms with E-state index in [-0.39, 0.29) is 0 Å². The molecule has 1 heterocycles. The van der Waals surface area contributed by atoms with Crippen molar-refractivity contribution >= 4 is 0 Å². The van der Waals surface area contributed by atoms with Gasteiger partial charge in [-0.2, -0.15) is 0 Å². The van der Waals surface area contributed by atoms with Crippen LogP contribution in [0.1, 0.15) is 24.0 Å². The van der Waals surface area contributed by atoms with Crippen LogP contribution in [0.25, 0.3) is 0 Å². The summed E-state index contributed by atoms with van der Waals surface area (Å²) in [5, 5.41) is 0. The van der Waals surface area contributed by atoms with Crippen LogP contribution in [-0.2, 0) is 6.54 Å². The predicted molar refractivity (Wildman–Crippen MR) is 86.5 cm³/mol. The van der Waals surface area contributed by atoms with E-state index in [1.54, 1.807) is 0 Å². The highest BCUT2D eigenvalue weighted by molar-refractivity contribution is 5.25. The quantitative estimate of drug-likeness (QED) is 0.838. The third-order valence-electron chi connectivity index (χ3n) is 4.16. The number of hydrogen-bond acceptors (Lipinski definition) is 2. The van der Waals surface area contributed by atoms with E-state index in [4.69, 9.17) is 4.74 Å². The van der Waals surface area contributed by atoms with Crippen molar-refractivity contribution in [1.29, 1.82) is 0 Å². The summed E-state index contributed by atoms with van der Waals surface area (Å²) in [5.74, 6) is 0.986. The zero-order valence-electron chi connectivity index (χ0n) is 12.7. The highest BCUT2D eigenvalue weighted by Gasteiger charge is 2.21. The Morgan fingerprint density at radius 2 is 1.81 bits per heavy atom. The summed E-state index contributed by atoms with van der Waals surface area (Å²) in [4.78, 5) is 2.51. The van der Waals surface area contributed by atoms with Crippen LogP contribution in [0.2, 0.25) is 0 Å². The summed E-state index contributed by atoms with van der Waals surface area (Å²) < 4.78 is 6.11. The summed E-state index contributed by atoms with van der Waals surface area (Å²) >= 11 is 0. The van der Waals surface area contributed by atoms with Crippen LogP contribution in [0.4, 0.5) is 0 Å². The average molecular weight is 281 g/mol. The zero-order valence-corrected chi connectivity index (χ0v) is 12.7. The van der Waals surface area contributed by atoms with Crippen LogP contribution in [0.5, 0.6) is 5.75 Å². The number of piperidine rings is 1. The van der Waals surface area contributed by atoms with Gasteiger partial charge in [0.1, 0.15) is 11.9 Å². The van der Waals surface area contributed by atoms with Gasteiger partial charge in [0.2, 0.25) is 0 Å². The number of aryl methyl sites for hydroxylation is 1.